The molecule has 20 heavy (non-hydrogen) atoms. The summed E-state index contributed by atoms with van der Waals surface area (Å²) in [7, 11) is 1.59. The summed E-state index contributed by atoms with van der Waals surface area (Å²) in [5.74, 6) is 0.0139. The van der Waals surface area contributed by atoms with Gasteiger partial charge in [-0.3, -0.25) is 4.99 Å². The van der Waals surface area contributed by atoms with Gasteiger partial charge in [-0.15, -0.1) is 0 Å². The molecule has 0 aromatic heterocycles. The van der Waals surface area contributed by atoms with Gasteiger partial charge in [-0.1, -0.05) is 0 Å². The van der Waals surface area contributed by atoms with E-state index in [9.17, 15) is 4.39 Å². The highest BCUT2D eigenvalue weighted by Gasteiger charge is 2.35. The molecule has 0 aromatic rings. The molecule has 0 aliphatic carbocycles. The van der Waals surface area contributed by atoms with Crippen molar-refractivity contribution in [1.82, 2.24) is 10.2 Å². The molecule has 1 heterocycles. The summed E-state index contributed by atoms with van der Waals surface area (Å²) < 4.78 is 14.0. The Morgan fingerprint density at radius 2 is 2.15 bits per heavy atom. The minimum atomic E-state index is -0.333. The minimum absolute atomic E-state index is 0.0491. The van der Waals surface area contributed by atoms with Gasteiger partial charge in [0.1, 0.15) is 0 Å². The van der Waals surface area contributed by atoms with Crippen LogP contribution in [-0.2, 0) is 0 Å². The van der Waals surface area contributed by atoms with E-state index in [0.29, 0.717) is 18.0 Å². The van der Waals surface area contributed by atoms with Gasteiger partial charge in [-0.05, 0) is 26.8 Å². The van der Waals surface area contributed by atoms with Gasteiger partial charge in [-0.25, -0.2) is 4.39 Å². The van der Waals surface area contributed by atoms with Crippen LogP contribution in [0, 0.1) is 5.41 Å². The van der Waals surface area contributed by atoms with E-state index in [-0.39, 0.29) is 24.0 Å². The van der Waals surface area contributed by atoms with Gasteiger partial charge in [0.15, 0.2) is 11.7 Å². The molecular weight excluding hydrogens is 257 g/mol. The summed E-state index contributed by atoms with van der Waals surface area (Å²) >= 11 is 0. The summed E-state index contributed by atoms with van der Waals surface area (Å²) in [6, 6.07) is -0.0258. The predicted octanol–water partition coefficient (Wildman–Crippen LogP) is 1.43. The van der Waals surface area contributed by atoms with Crippen molar-refractivity contribution in [2.45, 2.75) is 38.9 Å². The number of aliphatic imine (C=N–C) groups is 1. The lowest BCUT2D eigenvalue weighted by atomic mass is 9.95. The fourth-order valence-electron chi connectivity index (χ4n) is 2.54. The van der Waals surface area contributed by atoms with Crippen LogP contribution in [0.3, 0.4) is 0 Å². The molecule has 0 amide bonds. The van der Waals surface area contributed by atoms with E-state index in [1.165, 1.54) is 18.5 Å². The lowest BCUT2D eigenvalue weighted by Crippen LogP contribution is -2.62. The maximum absolute atomic E-state index is 14.0. The standard InChI is InChI=1S/C14H24FN5/c1-5-12(15)14(18-4)20-8-9(2)19-13(10(20)3)11(6-16)7-17/h5-7,9-10,13,16,19H,8,17H2,1-4H3/b11-7+,12-5+,16-6?,18-14?. The number of nitrogens with two attached hydrogens (primary N) is 1. The van der Waals surface area contributed by atoms with Gasteiger partial charge in [0.05, 0.1) is 6.04 Å². The molecule has 1 fully saturated rings. The Bertz CT molecular complexity index is 441. The minimum Gasteiger partial charge on any atom is -0.404 e. The average molecular weight is 281 g/mol. The normalized spacial score (nSPS) is 29.6. The third-order valence-corrected chi connectivity index (χ3v) is 3.58. The smallest absolute Gasteiger partial charge is 0.160 e. The number of nitrogens with one attached hydrogen (secondary N) is 2. The predicted molar refractivity (Wildman–Crippen MR) is 81.8 cm³/mol. The van der Waals surface area contributed by atoms with Crippen LogP contribution in [0.4, 0.5) is 4.39 Å². The van der Waals surface area contributed by atoms with Crippen molar-refractivity contribution in [3.63, 3.8) is 0 Å². The van der Waals surface area contributed by atoms with Crippen molar-refractivity contribution >= 4 is 12.1 Å². The monoisotopic (exact) mass is 281 g/mol. The highest BCUT2D eigenvalue weighted by molar-refractivity contribution is 5.96. The first kappa shape index (κ1) is 16.4. The summed E-state index contributed by atoms with van der Waals surface area (Å²) in [6.45, 7) is 6.30. The molecule has 0 bridgehead atoms. The highest BCUT2D eigenvalue weighted by Crippen LogP contribution is 2.20. The second kappa shape index (κ2) is 7.19. The molecule has 1 aliphatic heterocycles. The lowest BCUT2D eigenvalue weighted by molar-refractivity contribution is 0.195. The largest absolute Gasteiger partial charge is 0.404 e. The van der Waals surface area contributed by atoms with Crippen LogP contribution in [0.25, 0.3) is 0 Å². The topological polar surface area (TPSA) is 77.5 Å². The molecule has 5 nitrogen and oxygen atoms in total. The Labute approximate surface area is 119 Å². The van der Waals surface area contributed by atoms with Crippen molar-refractivity contribution in [2.75, 3.05) is 13.6 Å². The molecule has 0 saturated carbocycles. The van der Waals surface area contributed by atoms with Crippen molar-refractivity contribution in [3.8, 4) is 0 Å². The SMILES string of the molecule is C/C=C(/F)C(=NC)N1CC(C)NC(/C(C=N)=C/N)C1C. The van der Waals surface area contributed by atoms with Gasteiger partial charge < -0.3 is 21.4 Å². The van der Waals surface area contributed by atoms with Crippen LogP contribution >= 0.6 is 0 Å². The van der Waals surface area contributed by atoms with E-state index < -0.39 is 0 Å². The fraction of sp³-hybridized carbons (Fsp3) is 0.571. The molecule has 3 atom stereocenters. The number of halogens is 1. The van der Waals surface area contributed by atoms with E-state index in [1.807, 2.05) is 18.7 Å². The van der Waals surface area contributed by atoms with Gasteiger partial charge in [0.2, 0.25) is 0 Å². The number of hydrogen-bond acceptors (Lipinski definition) is 4. The highest BCUT2D eigenvalue weighted by atomic mass is 19.1. The third-order valence-electron chi connectivity index (χ3n) is 3.58. The first-order valence-corrected chi connectivity index (χ1v) is 6.74. The maximum Gasteiger partial charge on any atom is 0.160 e. The van der Waals surface area contributed by atoms with Gasteiger partial charge >= 0.3 is 0 Å². The van der Waals surface area contributed by atoms with Crippen molar-refractivity contribution in [2.24, 2.45) is 10.7 Å². The zero-order chi connectivity index (χ0) is 15.3. The van der Waals surface area contributed by atoms with Crippen LogP contribution in [-0.4, -0.2) is 48.7 Å². The molecule has 0 aromatic carbocycles. The number of hydrogen-bond donors (Lipinski definition) is 3. The van der Waals surface area contributed by atoms with Crippen LogP contribution in [0.5, 0.6) is 0 Å². The van der Waals surface area contributed by atoms with Crippen molar-refractivity contribution in [3.05, 3.63) is 23.7 Å². The molecule has 3 unspecified atom stereocenters. The molecule has 0 spiro atoms. The van der Waals surface area contributed by atoms with Crippen molar-refractivity contribution < 1.29 is 4.39 Å². The number of rotatable bonds is 3. The van der Waals surface area contributed by atoms with Crippen LogP contribution < -0.4 is 11.1 Å². The number of allylic oxidation sites excluding steroid dienone is 1. The summed E-state index contributed by atoms with van der Waals surface area (Å²) in [6.07, 6.45) is 4.07. The molecule has 1 saturated heterocycles. The Balaban J connectivity index is 3.12. The van der Waals surface area contributed by atoms with Crippen LogP contribution in [0.15, 0.2) is 28.7 Å². The Morgan fingerprint density at radius 1 is 1.50 bits per heavy atom. The van der Waals surface area contributed by atoms with Gasteiger partial charge in [0.25, 0.3) is 0 Å². The molecule has 1 aliphatic rings. The molecule has 0 radical (unpaired) electrons. The quantitative estimate of drug-likeness (QED) is 0.541. The van der Waals surface area contributed by atoms with Crippen LogP contribution in [0.1, 0.15) is 20.8 Å². The molecule has 1 rings (SSSR count). The molecule has 112 valence electrons. The Morgan fingerprint density at radius 3 is 2.60 bits per heavy atom. The average Bonchev–Trinajstić information content (AvgIpc) is 2.45. The van der Waals surface area contributed by atoms with Crippen LogP contribution in [0.2, 0.25) is 0 Å². The molecular formula is C14H24FN5. The maximum atomic E-state index is 14.0. The second-order valence-corrected chi connectivity index (χ2v) is 4.93. The number of piperazine rings is 1. The molecule has 6 heteroatoms. The first-order valence-electron chi connectivity index (χ1n) is 6.74. The molecule has 4 N–H and O–H groups in total. The lowest BCUT2D eigenvalue weighted by Gasteiger charge is -2.44. The van der Waals surface area contributed by atoms with E-state index in [2.05, 4.69) is 10.3 Å². The van der Waals surface area contributed by atoms with E-state index in [1.54, 1.807) is 14.0 Å². The third kappa shape index (κ3) is 3.25. The Kier molecular flexibility index (Phi) is 5.88. The zero-order valence-electron chi connectivity index (χ0n) is 12.5. The van der Waals surface area contributed by atoms with Gasteiger partial charge in [0, 0.05) is 43.7 Å². The summed E-state index contributed by atoms with van der Waals surface area (Å²) in [5.41, 5.74) is 6.26. The van der Waals surface area contributed by atoms with E-state index >= 15 is 0 Å². The summed E-state index contributed by atoms with van der Waals surface area (Å²) in [5, 5.41) is 10.8. The first-order chi connectivity index (χ1) is 9.49. The zero-order valence-corrected chi connectivity index (χ0v) is 12.5. The Hall–Kier alpha value is -1.69. The summed E-state index contributed by atoms with van der Waals surface area (Å²) in [4.78, 5) is 6.00. The van der Waals surface area contributed by atoms with Gasteiger partial charge in [-0.2, -0.15) is 0 Å². The number of amidine groups is 1. The van der Waals surface area contributed by atoms with Crippen molar-refractivity contribution in [1.29, 1.82) is 5.41 Å². The van der Waals surface area contributed by atoms with E-state index in [0.717, 1.165) is 0 Å². The number of nitrogens with zero attached hydrogens (tertiary/aromatic N) is 2. The second-order valence-electron chi connectivity index (χ2n) is 4.93. The van der Waals surface area contributed by atoms with E-state index in [4.69, 9.17) is 11.1 Å². The fourth-order valence-corrected chi connectivity index (χ4v) is 2.54.